The summed E-state index contributed by atoms with van der Waals surface area (Å²) in [5.41, 5.74) is 1.98. The van der Waals surface area contributed by atoms with Crippen molar-refractivity contribution in [2.45, 2.75) is 37.2 Å². The third-order valence-corrected chi connectivity index (χ3v) is 6.36. The van der Waals surface area contributed by atoms with Gasteiger partial charge in [-0.1, -0.05) is 30.3 Å². The number of carbonyl (C=O) groups is 3. The standard InChI is InChI=1S/C23H22N2O4/c1-15(26)24-17-8-6-16(7-9-17)22(10-11-22)21(28)25-13-12-23(14-25)19-5-3-2-4-18(19)20(27)29-23/h2-9H,10-14H2,1H3,(H,24,26)/t23-/m0/s1. The Labute approximate surface area is 168 Å². The van der Waals surface area contributed by atoms with Crippen LogP contribution >= 0.6 is 0 Å². The quantitative estimate of drug-likeness (QED) is 0.818. The van der Waals surface area contributed by atoms with E-state index in [1.807, 2.05) is 47.4 Å². The highest BCUT2D eigenvalue weighted by Gasteiger charge is 2.57. The van der Waals surface area contributed by atoms with Crippen molar-refractivity contribution in [1.29, 1.82) is 0 Å². The molecule has 0 radical (unpaired) electrons. The van der Waals surface area contributed by atoms with Crippen molar-refractivity contribution in [3.8, 4) is 0 Å². The van der Waals surface area contributed by atoms with Crippen molar-refractivity contribution in [2.75, 3.05) is 18.4 Å². The van der Waals surface area contributed by atoms with E-state index >= 15 is 0 Å². The summed E-state index contributed by atoms with van der Waals surface area (Å²) in [6.07, 6.45) is 2.25. The van der Waals surface area contributed by atoms with E-state index in [9.17, 15) is 14.4 Å². The van der Waals surface area contributed by atoms with Crippen molar-refractivity contribution in [1.82, 2.24) is 4.90 Å². The highest BCUT2D eigenvalue weighted by atomic mass is 16.6. The number of benzene rings is 2. The van der Waals surface area contributed by atoms with Gasteiger partial charge in [0.15, 0.2) is 5.60 Å². The van der Waals surface area contributed by atoms with Crippen molar-refractivity contribution in [2.24, 2.45) is 0 Å². The van der Waals surface area contributed by atoms with Crippen molar-refractivity contribution < 1.29 is 19.1 Å². The number of anilines is 1. The average Bonchev–Trinajstić information content (AvgIpc) is 3.34. The van der Waals surface area contributed by atoms with E-state index in [0.717, 1.165) is 29.7 Å². The molecule has 1 saturated carbocycles. The van der Waals surface area contributed by atoms with Gasteiger partial charge in [-0.25, -0.2) is 4.79 Å². The number of amides is 2. The van der Waals surface area contributed by atoms with Gasteiger partial charge in [0.25, 0.3) is 0 Å². The molecule has 1 aliphatic carbocycles. The number of carbonyl (C=O) groups excluding carboxylic acids is 3. The van der Waals surface area contributed by atoms with Crippen LogP contribution in [0.4, 0.5) is 5.69 Å². The molecule has 2 aromatic rings. The molecule has 2 aromatic carbocycles. The lowest BCUT2D eigenvalue weighted by molar-refractivity contribution is -0.134. The summed E-state index contributed by atoms with van der Waals surface area (Å²) in [5.74, 6) is -0.324. The van der Waals surface area contributed by atoms with E-state index in [2.05, 4.69) is 5.32 Å². The minimum atomic E-state index is -0.714. The number of hydrogen-bond donors (Lipinski definition) is 1. The highest BCUT2D eigenvalue weighted by Crippen LogP contribution is 2.52. The van der Waals surface area contributed by atoms with Crippen LogP contribution in [0, 0.1) is 0 Å². The maximum absolute atomic E-state index is 13.4. The zero-order chi connectivity index (χ0) is 20.2. The second-order valence-electron chi connectivity index (χ2n) is 8.25. The topological polar surface area (TPSA) is 75.7 Å². The van der Waals surface area contributed by atoms with Crippen LogP contribution in [0.1, 0.15) is 47.7 Å². The third kappa shape index (κ3) is 2.74. The average molecular weight is 390 g/mol. The van der Waals surface area contributed by atoms with Gasteiger partial charge in [-0.05, 0) is 36.6 Å². The lowest BCUT2D eigenvalue weighted by Crippen LogP contribution is -2.40. The van der Waals surface area contributed by atoms with Crippen LogP contribution < -0.4 is 5.32 Å². The molecular weight excluding hydrogens is 368 g/mol. The van der Waals surface area contributed by atoms with E-state index in [0.29, 0.717) is 25.1 Å². The molecule has 5 rings (SSSR count). The van der Waals surface area contributed by atoms with Gasteiger partial charge >= 0.3 is 5.97 Å². The fourth-order valence-electron chi connectivity index (χ4n) is 4.73. The largest absolute Gasteiger partial charge is 0.449 e. The van der Waals surface area contributed by atoms with E-state index in [1.165, 1.54) is 6.92 Å². The summed E-state index contributed by atoms with van der Waals surface area (Å²) < 4.78 is 5.78. The Morgan fingerprint density at radius 2 is 1.76 bits per heavy atom. The maximum atomic E-state index is 13.4. The Bertz CT molecular complexity index is 1030. The first-order chi connectivity index (χ1) is 13.9. The Balaban J connectivity index is 1.37. The lowest BCUT2D eigenvalue weighted by Gasteiger charge is -2.27. The molecule has 2 amide bonds. The molecule has 1 spiro atoms. The van der Waals surface area contributed by atoms with Crippen LogP contribution in [0.3, 0.4) is 0 Å². The van der Waals surface area contributed by atoms with Gasteiger partial charge in [0.2, 0.25) is 11.8 Å². The van der Waals surface area contributed by atoms with Crippen molar-refractivity contribution in [3.05, 3.63) is 65.2 Å². The molecule has 2 fully saturated rings. The molecule has 3 aliphatic rings. The van der Waals surface area contributed by atoms with Crippen LogP contribution in [0.25, 0.3) is 0 Å². The van der Waals surface area contributed by atoms with Gasteiger partial charge in [0, 0.05) is 31.1 Å². The Kier molecular flexibility index (Phi) is 3.81. The molecule has 6 heteroatoms. The zero-order valence-electron chi connectivity index (χ0n) is 16.2. The van der Waals surface area contributed by atoms with Crippen LogP contribution in [-0.4, -0.2) is 35.8 Å². The first-order valence-corrected chi connectivity index (χ1v) is 9.94. The van der Waals surface area contributed by atoms with Gasteiger partial charge < -0.3 is 15.0 Å². The number of fused-ring (bicyclic) bond motifs is 2. The molecule has 0 unspecified atom stereocenters. The summed E-state index contributed by atoms with van der Waals surface area (Å²) in [7, 11) is 0. The first-order valence-electron chi connectivity index (χ1n) is 9.94. The normalized spacial score (nSPS) is 23.6. The van der Waals surface area contributed by atoms with E-state index in [-0.39, 0.29) is 17.8 Å². The predicted molar refractivity (Wildman–Crippen MR) is 106 cm³/mol. The number of rotatable bonds is 3. The van der Waals surface area contributed by atoms with E-state index < -0.39 is 11.0 Å². The van der Waals surface area contributed by atoms with Crippen LogP contribution in [-0.2, 0) is 25.3 Å². The fraction of sp³-hybridized carbons (Fsp3) is 0.348. The summed E-state index contributed by atoms with van der Waals surface area (Å²) in [6.45, 7) is 2.45. The lowest BCUT2D eigenvalue weighted by atomic mass is 9.91. The summed E-state index contributed by atoms with van der Waals surface area (Å²) in [5, 5.41) is 2.75. The monoisotopic (exact) mass is 390 g/mol. The first kappa shape index (κ1) is 17.9. The predicted octanol–water partition coefficient (Wildman–Crippen LogP) is 2.97. The number of ether oxygens (including phenoxy) is 1. The number of nitrogens with one attached hydrogen (secondary N) is 1. The second-order valence-corrected chi connectivity index (χ2v) is 8.25. The summed E-state index contributed by atoms with van der Waals surface area (Å²) >= 11 is 0. The molecule has 1 N–H and O–H groups in total. The molecule has 29 heavy (non-hydrogen) atoms. The molecule has 6 nitrogen and oxygen atoms in total. The third-order valence-electron chi connectivity index (χ3n) is 6.36. The highest BCUT2D eigenvalue weighted by molar-refractivity contribution is 5.96. The molecule has 148 valence electrons. The molecule has 1 atom stereocenters. The van der Waals surface area contributed by atoms with Gasteiger partial charge in [-0.15, -0.1) is 0 Å². The van der Waals surface area contributed by atoms with Gasteiger partial charge in [0.05, 0.1) is 17.5 Å². The van der Waals surface area contributed by atoms with Gasteiger partial charge in [-0.2, -0.15) is 0 Å². The van der Waals surface area contributed by atoms with Crippen molar-refractivity contribution >= 4 is 23.5 Å². The number of nitrogens with zero attached hydrogens (tertiary/aromatic N) is 1. The number of esters is 1. The Morgan fingerprint density at radius 3 is 2.45 bits per heavy atom. The van der Waals surface area contributed by atoms with E-state index in [4.69, 9.17) is 4.74 Å². The number of likely N-dealkylation sites (tertiary alicyclic amines) is 1. The van der Waals surface area contributed by atoms with Gasteiger partial charge in [-0.3, -0.25) is 9.59 Å². The molecule has 0 bridgehead atoms. The summed E-state index contributed by atoms with van der Waals surface area (Å²) in [4.78, 5) is 38.8. The van der Waals surface area contributed by atoms with Crippen LogP contribution in [0.5, 0.6) is 0 Å². The second kappa shape index (κ2) is 6.17. The van der Waals surface area contributed by atoms with E-state index in [1.54, 1.807) is 6.07 Å². The summed E-state index contributed by atoms with van der Waals surface area (Å²) in [6, 6.07) is 15.0. The molecular formula is C23H22N2O4. The molecule has 1 saturated heterocycles. The molecule has 0 aromatic heterocycles. The minimum absolute atomic E-state index is 0.0992. The smallest absolute Gasteiger partial charge is 0.339 e. The SMILES string of the molecule is CC(=O)Nc1ccc(C2(C(=O)N3CC[C@@]4(C3)OC(=O)c3ccccc34)CC2)cc1. The minimum Gasteiger partial charge on any atom is -0.449 e. The van der Waals surface area contributed by atoms with Crippen LogP contribution in [0.2, 0.25) is 0 Å². The molecule has 2 heterocycles. The number of hydrogen-bond acceptors (Lipinski definition) is 4. The maximum Gasteiger partial charge on any atom is 0.339 e. The molecule has 2 aliphatic heterocycles. The Hall–Kier alpha value is -3.15. The van der Waals surface area contributed by atoms with Gasteiger partial charge in [0.1, 0.15) is 0 Å². The zero-order valence-corrected chi connectivity index (χ0v) is 16.2. The van der Waals surface area contributed by atoms with Crippen molar-refractivity contribution in [3.63, 3.8) is 0 Å². The fourth-order valence-corrected chi connectivity index (χ4v) is 4.73. The van der Waals surface area contributed by atoms with Crippen LogP contribution in [0.15, 0.2) is 48.5 Å². The Morgan fingerprint density at radius 1 is 1.03 bits per heavy atom.